The van der Waals surface area contributed by atoms with E-state index in [2.05, 4.69) is 4.98 Å². The Morgan fingerprint density at radius 3 is 2.56 bits per heavy atom. The molecule has 8 heteroatoms. The quantitative estimate of drug-likeness (QED) is 0.761. The minimum absolute atomic E-state index is 0.0337. The second-order valence-corrected chi connectivity index (χ2v) is 6.04. The molecule has 7 nitrogen and oxygen atoms in total. The van der Waals surface area contributed by atoms with Gasteiger partial charge in [0, 0.05) is 31.0 Å². The number of nitrogens with zero attached hydrogens (tertiary/aromatic N) is 3. The Kier molecular flexibility index (Phi) is 5.44. The van der Waals surface area contributed by atoms with Gasteiger partial charge in [0.25, 0.3) is 11.8 Å². The predicted molar refractivity (Wildman–Crippen MR) is 93.4 cm³/mol. The van der Waals surface area contributed by atoms with E-state index in [4.69, 9.17) is 4.74 Å². The SMILES string of the molecule is COC(=O)[C@H]1CN(C(=O)c2cccc(F)c2)CCN1C(=O)c1cccnc1. The number of halogens is 1. The minimum Gasteiger partial charge on any atom is -0.467 e. The van der Waals surface area contributed by atoms with Gasteiger partial charge >= 0.3 is 5.97 Å². The molecule has 1 saturated heterocycles. The van der Waals surface area contributed by atoms with Crippen LogP contribution in [0.5, 0.6) is 0 Å². The molecule has 140 valence electrons. The number of aromatic nitrogens is 1. The van der Waals surface area contributed by atoms with Gasteiger partial charge < -0.3 is 14.5 Å². The topological polar surface area (TPSA) is 79.8 Å². The molecular weight excluding hydrogens is 353 g/mol. The molecule has 1 aliphatic heterocycles. The van der Waals surface area contributed by atoms with E-state index in [1.165, 1.54) is 41.3 Å². The number of carbonyl (C=O) groups is 3. The maximum Gasteiger partial charge on any atom is 0.330 e. The van der Waals surface area contributed by atoms with Gasteiger partial charge in [-0.1, -0.05) is 6.07 Å². The zero-order chi connectivity index (χ0) is 19.4. The minimum atomic E-state index is -0.950. The van der Waals surface area contributed by atoms with Gasteiger partial charge in [-0.2, -0.15) is 0 Å². The zero-order valence-corrected chi connectivity index (χ0v) is 14.7. The molecule has 2 heterocycles. The monoisotopic (exact) mass is 371 g/mol. The summed E-state index contributed by atoms with van der Waals surface area (Å²) in [6.07, 6.45) is 2.96. The first-order valence-corrected chi connectivity index (χ1v) is 8.35. The number of pyridine rings is 1. The lowest BCUT2D eigenvalue weighted by Crippen LogP contribution is -2.59. The van der Waals surface area contributed by atoms with E-state index in [1.807, 2.05) is 0 Å². The van der Waals surface area contributed by atoms with Crippen molar-refractivity contribution in [1.29, 1.82) is 0 Å². The first kappa shape index (κ1) is 18.5. The fourth-order valence-corrected chi connectivity index (χ4v) is 3.01. The highest BCUT2D eigenvalue weighted by Crippen LogP contribution is 2.18. The molecule has 1 aromatic heterocycles. The number of rotatable bonds is 3. The van der Waals surface area contributed by atoms with Crippen molar-refractivity contribution < 1.29 is 23.5 Å². The molecule has 0 aliphatic carbocycles. The lowest BCUT2D eigenvalue weighted by Gasteiger charge is -2.39. The predicted octanol–water partition coefficient (Wildman–Crippen LogP) is 1.36. The van der Waals surface area contributed by atoms with Crippen LogP contribution < -0.4 is 0 Å². The Balaban J connectivity index is 1.81. The maximum atomic E-state index is 13.4. The second-order valence-electron chi connectivity index (χ2n) is 6.04. The molecule has 0 spiro atoms. The molecule has 1 atom stereocenters. The van der Waals surface area contributed by atoms with E-state index in [1.54, 1.807) is 18.3 Å². The van der Waals surface area contributed by atoms with Gasteiger partial charge in [-0.05, 0) is 30.3 Å². The van der Waals surface area contributed by atoms with Crippen LogP contribution in [0.2, 0.25) is 0 Å². The highest BCUT2D eigenvalue weighted by Gasteiger charge is 2.38. The molecular formula is C19H18FN3O4. The molecule has 1 fully saturated rings. The summed E-state index contributed by atoms with van der Waals surface area (Å²) in [4.78, 5) is 44.3. The van der Waals surface area contributed by atoms with Gasteiger partial charge in [0.05, 0.1) is 19.2 Å². The van der Waals surface area contributed by atoms with E-state index in [9.17, 15) is 18.8 Å². The number of piperazine rings is 1. The normalized spacial score (nSPS) is 16.7. The lowest BCUT2D eigenvalue weighted by molar-refractivity contribution is -0.147. The summed E-state index contributed by atoms with van der Waals surface area (Å²) in [5, 5.41) is 0. The molecule has 2 amide bonds. The van der Waals surface area contributed by atoms with Crippen molar-refractivity contribution in [3.05, 3.63) is 65.7 Å². The first-order valence-electron chi connectivity index (χ1n) is 8.35. The van der Waals surface area contributed by atoms with Crippen LogP contribution in [0, 0.1) is 5.82 Å². The molecule has 0 N–H and O–H groups in total. The Labute approximate surface area is 155 Å². The van der Waals surface area contributed by atoms with E-state index in [0.29, 0.717) is 5.56 Å². The zero-order valence-electron chi connectivity index (χ0n) is 14.7. The molecule has 2 aromatic rings. The number of methoxy groups -OCH3 is 1. The van der Waals surface area contributed by atoms with Gasteiger partial charge in [0.2, 0.25) is 0 Å². The van der Waals surface area contributed by atoms with Crippen LogP contribution >= 0.6 is 0 Å². The first-order chi connectivity index (χ1) is 13.0. The standard InChI is InChI=1S/C19H18FN3O4/c1-27-19(26)16-12-22(17(24)13-4-2-6-15(20)10-13)8-9-23(16)18(25)14-5-3-7-21-11-14/h2-7,10-11,16H,8-9,12H2,1H3/t16-/m1/s1. The Morgan fingerprint density at radius 1 is 1.11 bits per heavy atom. The van der Waals surface area contributed by atoms with Crippen molar-refractivity contribution in [2.24, 2.45) is 0 Å². The number of hydrogen-bond acceptors (Lipinski definition) is 5. The maximum absolute atomic E-state index is 13.4. The largest absolute Gasteiger partial charge is 0.467 e. The third-order valence-electron chi connectivity index (χ3n) is 4.38. The second kappa shape index (κ2) is 7.94. The Morgan fingerprint density at radius 2 is 1.89 bits per heavy atom. The van der Waals surface area contributed by atoms with Crippen molar-refractivity contribution >= 4 is 17.8 Å². The molecule has 0 saturated carbocycles. The van der Waals surface area contributed by atoms with Gasteiger partial charge in [0.1, 0.15) is 11.9 Å². The number of carbonyl (C=O) groups excluding carboxylic acids is 3. The average Bonchev–Trinajstić information content (AvgIpc) is 2.72. The number of amides is 2. The number of esters is 1. The van der Waals surface area contributed by atoms with Crippen LogP contribution in [0.1, 0.15) is 20.7 Å². The number of benzene rings is 1. The lowest BCUT2D eigenvalue weighted by atomic mass is 10.1. The summed E-state index contributed by atoms with van der Waals surface area (Å²) < 4.78 is 18.2. The summed E-state index contributed by atoms with van der Waals surface area (Å²) in [7, 11) is 1.22. The summed E-state index contributed by atoms with van der Waals surface area (Å²) in [5.41, 5.74) is 0.530. The Bertz CT molecular complexity index is 859. The summed E-state index contributed by atoms with van der Waals surface area (Å²) in [5.74, 6) is -1.91. The summed E-state index contributed by atoms with van der Waals surface area (Å²) >= 11 is 0. The van der Waals surface area contributed by atoms with E-state index >= 15 is 0 Å². The third kappa shape index (κ3) is 3.94. The van der Waals surface area contributed by atoms with Crippen LogP contribution in [-0.4, -0.2) is 65.4 Å². The van der Waals surface area contributed by atoms with Crippen LogP contribution in [0.15, 0.2) is 48.8 Å². The summed E-state index contributed by atoms with van der Waals surface area (Å²) in [6.45, 7) is 0.331. The van der Waals surface area contributed by atoms with Crippen molar-refractivity contribution in [3.8, 4) is 0 Å². The average molecular weight is 371 g/mol. The van der Waals surface area contributed by atoms with Gasteiger partial charge in [-0.3, -0.25) is 14.6 Å². The van der Waals surface area contributed by atoms with Crippen LogP contribution in [-0.2, 0) is 9.53 Å². The van der Waals surface area contributed by atoms with E-state index in [-0.39, 0.29) is 31.1 Å². The van der Waals surface area contributed by atoms with E-state index in [0.717, 1.165) is 6.07 Å². The number of hydrogen-bond donors (Lipinski definition) is 0. The highest BCUT2D eigenvalue weighted by molar-refractivity contribution is 5.98. The molecule has 1 aromatic carbocycles. The number of ether oxygens (including phenoxy) is 1. The van der Waals surface area contributed by atoms with Crippen molar-refractivity contribution in [1.82, 2.24) is 14.8 Å². The van der Waals surface area contributed by atoms with Crippen LogP contribution in [0.4, 0.5) is 4.39 Å². The molecule has 3 rings (SSSR count). The molecule has 0 unspecified atom stereocenters. The highest BCUT2D eigenvalue weighted by atomic mass is 19.1. The fraction of sp³-hybridized carbons (Fsp3) is 0.263. The van der Waals surface area contributed by atoms with Crippen molar-refractivity contribution in [2.45, 2.75) is 6.04 Å². The van der Waals surface area contributed by atoms with Crippen LogP contribution in [0.3, 0.4) is 0 Å². The third-order valence-corrected chi connectivity index (χ3v) is 4.38. The molecule has 1 aliphatic rings. The molecule has 27 heavy (non-hydrogen) atoms. The van der Waals surface area contributed by atoms with Gasteiger partial charge in [-0.15, -0.1) is 0 Å². The summed E-state index contributed by atoms with van der Waals surface area (Å²) in [6, 6.07) is 7.63. The van der Waals surface area contributed by atoms with Crippen LogP contribution in [0.25, 0.3) is 0 Å². The molecule has 0 radical (unpaired) electrons. The van der Waals surface area contributed by atoms with Gasteiger partial charge in [0.15, 0.2) is 0 Å². The van der Waals surface area contributed by atoms with Crippen molar-refractivity contribution in [2.75, 3.05) is 26.7 Å². The van der Waals surface area contributed by atoms with E-state index < -0.39 is 23.7 Å². The van der Waals surface area contributed by atoms with Crippen molar-refractivity contribution in [3.63, 3.8) is 0 Å². The smallest absolute Gasteiger partial charge is 0.330 e. The molecule has 0 bridgehead atoms. The van der Waals surface area contributed by atoms with Gasteiger partial charge in [-0.25, -0.2) is 9.18 Å². The Hall–Kier alpha value is -3.29. The fourth-order valence-electron chi connectivity index (χ4n) is 3.01.